The number of halogens is 1. The van der Waals surface area contributed by atoms with Gasteiger partial charge in [-0.1, -0.05) is 54.1 Å². The molecule has 1 saturated heterocycles. The summed E-state index contributed by atoms with van der Waals surface area (Å²) < 4.78 is 52.5. The summed E-state index contributed by atoms with van der Waals surface area (Å²) in [7, 11) is -2.82. The van der Waals surface area contributed by atoms with Gasteiger partial charge in [0, 0.05) is 6.42 Å². The molecule has 0 aliphatic carbocycles. The summed E-state index contributed by atoms with van der Waals surface area (Å²) in [6, 6.07) is 19.2. The van der Waals surface area contributed by atoms with Crippen molar-refractivity contribution >= 4 is 16.0 Å². The van der Waals surface area contributed by atoms with Crippen LogP contribution in [0.2, 0.25) is 0 Å². The van der Waals surface area contributed by atoms with Gasteiger partial charge in [0.2, 0.25) is 10.0 Å². The molecule has 1 heterocycles. The molecule has 1 aliphatic heterocycles. The highest BCUT2D eigenvalue weighted by molar-refractivity contribution is 7.89. The first-order chi connectivity index (χ1) is 15.8. The number of hydrogen-bond donors (Lipinski definition) is 0. The van der Waals surface area contributed by atoms with E-state index in [1.165, 1.54) is 37.4 Å². The third kappa shape index (κ3) is 4.77. The summed E-state index contributed by atoms with van der Waals surface area (Å²) in [4.78, 5) is 12.4. The molecule has 172 valence electrons. The van der Waals surface area contributed by atoms with E-state index in [9.17, 15) is 17.6 Å². The fraction of sp³-hybridized carbons (Fsp3) is 0.240. The molecular weight excluding hydrogens is 445 g/mol. The van der Waals surface area contributed by atoms with Crippen molar-refractivity contribution in [2.45, 2.75) is 30.4 Å². The molecule has 2 unspecified atom stereocenters. The molecule has 0 saturated carbocycles. The summed E-state index contributed by atoms with van der Waals surface area (Å²) in [5.74, 6) is -1.23. The van der Waals surface area contributed by atoms with E-state index in [0.717, 1.165) is 21.0 Å². The first kappa shape index (κ1) is 22.9. The highest BCUT2D eigenvalue weighted by Crippen LogP contribution is 2.31. The Balaban J connectivity index is 1.60. The molecule has 0 spiro atoms. The van der Waals surface area contributed by atoms with Crippen LogP contribution < -0.4 is 4.74 Å². The topological polar surface area (TPSA) is 72.9 Å². The van der Waals surface area contributed by atoms with E-state index in [1.807, 2.05) is 31.2 Å². The molecule has 4 rings (SSSR count). The molecule has 8 heteroatoms. The lowest BCUT2D eigenvalue weighted by Crippen LogP contribution is -2.41. The minimum absolute atomic E-state index is 0.00729. The average Bonchev–Trinajstić information content (AvgIpc) is 3.25. The Bertz CT molecular complexity index is 1260. The van der Waals surface area contributed by atoms with Gasteiger partial charge in [-0.25, -0.2) is 12.8 Å². The first-order valence-corrected chi connectivity index (χ1v) is 11.9. The van der Waals surface area contributed by atoms with Gasteiger partial charge in [0.15, 0.2) is 11.6 Å². The lowest BCUT2D eigenvalue weighted by molar-refractivity contribution is -0.144. The van der Waals surface area contributed by atoms with E-state index >= 15 is 0 Å². The van der Waals surface area contributed by atoms with Crippen LogP contribution in [0.1, 0.15) is 12.0 Å². The maximum Gasteiger partial charge on any atom is 0.324 e. The third-order valence-corrected chi connectivity index (χ3v) is 7.52. The van der Waals surface area contributed by atoms with Crippen LogP contribution in [0.25, 0.3) is 11.1 Å². The van der Waals surface area contributed by atoms with Gasteiger partial charge in [-0.2, -0.15) is 4.31 Å². The van der Waals surface area contributed by atoms with Gasteiger partial charge in [-0.05, 0) is 42.3 Å². The zero-order chi connectivity index (χ0) is 23.6. The molecule has 2 atom stereocenters. The van der Waals surface area contributed by atoms with Crippen LogP contribution in [-0.4, -0.2) is 44.5 Å². The molecule has 0 amide bonds. The Morgan fingerprint density at radius 1 is 1.00 bits per heavy atom. The predicted octanol–water partition coefficient (Wildman–Crippen LogP) is 4.18. The fourth-order valence-electron chi connectivity index (χ4n) is 3.97. The average molecular weight is 470 g/mol. The number of methoxy groups -OCH3 is 1. The number of sulfonamides is 1. The van der Waals surface area contributed by atoms with E-state index in [-0.39, 0.29) is 23.6 Å². The number of para-hydroxylation sites is 1. The van der Waals surface area contributed by atoms with Crippen LogP contribution in [0.3, 0.4) is 0 Å². The smallest absolute Gasteiger partial charge is 0.324 e. The summed E-state index contributed by atoms with van der Waals surface area (Å²) in [6.07, 6.45) is -0.644. The van der Waals surface area contributed by atoms with Crippen molar-refractivity contribution in [2.75, 3.05) is 13.7 Å². The zero-order valence-corrected chi connectivity index (χ0v) is 19.1. The van der Waals surface area contributed by atoms with Crippen molar-refractivity contribution in [2.24, 2.45) is 0 Å². The Morgan fingerprint density at radius 3 is 2.39 bits per heavy atom. The van der Waals surface area contributed by atoms with Gasteiger partial charge in [0.25, 0.3) is 0 Å². The molecule has 0 aromatic heterocycles. The first-order valence-electron chi connectivity index (χ1n) is 10.5. The molecule has 33 heavy (non-hydrogen) atoms. The molecule has 1 fully saturated rings. The third-order valence-electron chi connectivity index (χ3n) is 5.63. The minimum atomic E-state index is -4.03. The monoisotopic (exact) mass is 469 g/mol. The van der Waals surface area contributed by atoms with E-state index in [1.54, 1.807) is 18.2 Å². The van der Waals surface area contributed by atoms with Gasteiger partial charge in [0.05, 0.1) is 18.6 Å². The molecule has 6 nitrogen and oxygen atoms in total. The number of rotatable bonds is 6. The zero-order valence-electron chi connectivity index (χ0n) is 18.3. The van der Waals surface area contributed by atoms with Gasteiger partial charge in [-0.3, -0.25) is 4.79 Å². The van der Waals surface area contributed by atoms with Crippen molar-refractivity contribution in [3.05, 3.63) is 84.2 Å². The van der Waals surface area contributed by atoms with Crippen molar-refractivity contribution < 1.29 is 27.1 Å². The minimum Gasteiger partial charge on any atom is -0.486 e. The van der Waals surface area contributed by atoms with Crippen LogP contribution in [0, 0.1) is 12.7 Å². The van der Waals surface area contributed by atoms with E-state index in [0.29, 0.717) is 0 Å². The maximum atomic E-state index is 14.0. The Hall–Kier alpha value is -3.23. The number of carbonyl (C=O) groups excluding carboxylic acids is 1. The Kier molecular flexibility index (Phi) is 6.49. The molecule has 3 aromatic rings. The highest BCUT2D eigenvalue weighted by atomic mass is 32.2. The Labute approximate surface area is 192 Å². The second-order valence-electron chi connectivity index (χ2n) is 7.91. The van der Waals surface area contributed by atoms with Crippen LogP contribution in [0.15, 0.2) is 77.7 Å². The van der Waals surface area contributed by atoms with Gasteiger partial charge < -0.3 is 9.47 Å². The normalized spacial score (nSPS) is 18.8. The predicted molar refractivity (Wildman–Crippen MR) is 122 cm³/mol. The maximum absolute atomic E-state index is 14.0. The molecule has 0 bridgehead atoms. The number of aryl methyl sites for hydroxylation is 1. The van der Waals surface area contributed by atoms with Crippen LogP contribution >= 0.6 is 0 Å². The van der Waals surface area contributed by atoms with E-state index < -0.39 is 34.0 Å². The van der Waals surface area contributed by atoms with E-state index in [4.69, 9.17) is 9.47 Å². The van der Waals surface area contributed by atoms with Gasteiger partial charge >= 0.3 is 5.97 Å². The second kappa shape index (κ2) is 9.33. The quantitative estimate of drug-likeness (QED) is 0.507. The Morgan fingerprint density at radius 2 is 1.73 bits per heavy atom. The molecule has 0 radical (unpaired) electrons. The number of carbonyl (C=O) groups is 1. The standard InChI is InChI=1S/C25H24FNO5S/c1-17-6-5-7-19(14-17)18-10-12-21(13-11-18)33(29,30)27-16-20(15-23(27)25(28)31-2)32-24-9-4-3-8-22(24)26/h3-14,20,23H,15-16H2,1-2H3. The highest BCUT2D eigenvalue weighted by Gasteiger charge is 2.45. The summed E-state index contributed by atoms with van der Waals surface area (Å²) in [5, 5.41) is 0. The number of benzene rings is 3. The lowest BCUT2D eigenvalue weighted by Gasteiger charge is -2.22. The van der Waals surface area contributed by atoms with Crippen LogP contribution in [0.5, 0.6) is 5.75 Å². The second-order valence-corrected chi connectivity index (χ2v) is 9.80. The SMILES string of the molecule is COC(=O)C1CC(Oc2ccccc2F)CN1S(=O)(=O)c1ccc(-c2cccc(C)c2)cc1. The van der Waals surface area contributed by atoms with Crippen molar-refractivity contribution in [1.82, 2.24) is 4.31 Å². The molecule has 1 aliphatic rings. The molecule has 0 N–H and O–H groups in total. The fourth-order valence-corrected chi connectivity index (χ4v) is 5.59. The van der Waals surface area contributed by atoms with E-state index in [2.05, 4.69) is 0 Å². The summed E-state index contributed by atoms with van der Waals surface area (Å²) >= 11 is 0. The van der Waals surface area contributed by atoms with Crippen molar-refractivity contribution in [3.8, 4) is 16.9 Å². The lowest BCUT2D eigenvalue weighted by atomic mass is 10.0. The van der Waals surface area contributed by atoms with Crippen LogP contribution in [-0.2, 0) is 19.6 Å². The summed E-state index contributed by atoms with van der Waals surface area (Å²) in [6.45, 7) is 1.89. The number of nitrogens with zero attached hydrogens (tertiary/aromatic N) is 1. The summed E-state index contributed by atoms with van der Waals surface area (Å²) in [5.41, 5.74) is 2.96. The van der Waals surface area contributed by atoms with Gasteiger partial charge in [0.1, 0.15) is 12.1 Å². The van der Waals surface area contributed by atoms with Crippen molar-refractivity contribution in [1.29, 1.82) is 0 Å². The van der Waals surface area contributed by atoms with Gasteiger partial charge in [-0.15, -0.1) is 0 Å². The largest absolute Gasteiger partial charge is 0.486 e. The number of esters is 1. The van der Waals surface area contributed by atoms with Crippen molar-refractivity contribution in [3.63, 3.8) is 0 Å². The number of hydrogen-bond acceptors (Lipinski definition) is 5. The molecule has 3 aromatic carbocycles. The number of ether oxygens (including phenoxy) is 2. The molecular formula is C25H24FNO5S. The van der Waals surface area contributed by atoms with Crippen LogP contribution in [0.4, 0.5) is 4.39 Å².